The second-order valence-corrected chi connectivity index (χ2v) is 5.25. The number of hydrogen-bond acceptors (Lipinski definition) is 2. The number of aromatic nitrogens is 1. The Kier molecular flexibility index (Phi) is 8.23. The maximum absolute atomic E-state index is 4.30. The van der Waals surface area contributed by atoms with Gasteiger partial charge in [-0.15, -0.1) is 11.8 Å². The Bertz CT molecular complexity index is 248. The van der Waals surface area contributed by atoms with E-state index < -0.39 is 0 Å². The highest BCUT2D eigenvalue weighted by Gasteiger charge is 1.94. The Balaban J connectivity index is 1.89. The quantitative estimate of drug-likeness (QED) is 0.446. The first-order valence-corrected chi connectivity index (χ1v) is 7.46. The fraction of sp³-hybridized carbons (Fsp3) is 0.643. The largest absolute Gasteiger partial charge is 0.250 e. The van der Waals surface area contributed by atoms with Crippen LogP contribution in [0.1, 0.15) is 51.9 Å². The van der Waals surface area contributed by atoms with Gasteiger partial charge in [-0.3, -0.25) is 0 Å². The highest BCUT2D eigenvalue weighted by atomic mass is 32.2. The summed E-state index contributed by atoms with van der Waals surface area (Å²) in [6.45, 7) is 2.27. The van der Waals surface area contributed by atoms with Crippen LogP contribution in [0.2, 0.25) is 0 Å². The third-order valence-electron chi connectivity index (χ3n) is 2.64. The Labute approximate surface area is 104 Å². The molecular formula is C14H23NS. The summed E-state index contributed by atoms with van der Waals surface area (Å²) in [5.41, 5.74) is 0. The van der Waals surface area contributed by atoms with Gasteiger partial charge < -0.3 is 0 Å². The minimum absolute atomic E-state index is 1.16. The third-order valence-corrected chi connectivity index (χ3v) is 3.67. The highest BCUT2D eigenvalue weighted by molar-refractivity contribution is 7.99. The van der Waals surface area contributed by atoms with E-state index in [2.05, 4.69) is 24.0 Å². The van der Waals surface area contributed by atoms with Crippen molar-refractivity contribution in [1.82, 2.24) is 4.98 Å². The van der Waals surface area contributed by atoms with E-state index in [9.17, 15) is 0 Å². The van der Waals surface area contributed by atoms with Crippen LogP contribution in [0.25, 0.3) is 0 Å². The molecule has 0 atom stereocenters. The molecule has 1 aromatic heterocycles. The van der Waals surface area contributed by atoms with Gasteiger partial charge in [-0.25, -0.2) is 4.98 Å². The van der Waals surface area contributed by atoms with E-state index in [1.54, 1.807) is 0 Å². The van der Waals surface area contributed by atoms with Crippen LogP contribution in [0.4, 0.5) is 0 Å². The number of nitrogens with zero attached hydrogens (tertiary/aromatic N) is 1. The molecule has 0 bridgehead atoms. The lowest BCUT2D eigenvalue weighted by Crippen LogP contribution is -1.84. The number of hydrogen-bond donors (Lipinski definition) is 0. The van der Waals surface area contributed by atoms with Gasteiger partial charge in [-0.2, -0.15) is 0 Å². The van der Waals surface area contributed by atoms with Crippen LogP contribution >= 0.6 is 11.8 Å². The van der Waals surface area contributed by atoms with Crippen molar-refractivity contribution < 1.29 is 0 Å². The zero-order valence-electron chi connectivity index (χ0n) is 10.3. The summed E-state index contributed by atoms with van der Waals surface area (Å²) in [6, 6.07) is 6.11. The molecule has 2 heteroatoms. The lowest BCUT2D eigenvalue weighted by atomic mass is 10.1. The molecular weight excluding hydrogens is 214 g/mol. The fourth-order valence-corrected chi connectivity index (χ4v) is 2.54. The molecule has 16 heavy (non-hydrogen) atoms. The zero-order chi connectivity index (χ0) is 11.5. The van der Waals surface area contributed by atoms with E-state index in [1.807, 2.05) is 24.0 Å². The minimum atomic E-state index is 1.16. The van der Waals surface area contributed by atoms with Gasteiger partial charge >= 0.3 is 0 Å². The molecule has 1 rings (SSSR count). The first-order valence-electron chi connectivity index (χ1n) is 6.47. The molecule has 0 radical (unpaired) electrons. The summed E-state index contributed by atoms with van der Waals surface area (Å²) in [6.07, 6.45) is 11.6. The van der Waals surface area contributed by atoms with Gasteiger partial charge in [0.1, 0.15) is 0 Å². The Morgan fingerprint density at radius 2 is 1.75 bits per heavy atom. The average molecular weight is 237 g/mol. The summed E-state index contributed by atoms with van der Waals surface area (Å²) in [5, 5.41) is 1.16. The predicted octanol–water partition coefficient (Wildman–Crippen LogP) is 4.92. The number of unbranched alkanes of at least 4 members (excludes halogenated alkanes) is 6. The second-order valence-electron chi connectivity index (χ2n) is 4.14. The van der Waals surface area contributed by atoms with Gasteiger partial charge in [0.2, 0.25) is 0 Å². The Morgan fingerprint density at radius 3 is 2.44 bits per heavy atom. The lowest BCUT2D eigenvalue weighted by molar-refractivity contribution is 0.603. The van der Waals surface area contributed by atoms with Crippen molar-refractivity contribution >= 4 is 11.8 Å². The summed E-state index contributed by atoms with van der Waals surface area (Å²) in [4.78, 5) is 4.30. The predicted molar refractivity (Wildman–Crippen MR) is 73.0 cm³/mol. The third kappa shape index (κ3) is 6.89. The first-order chi connectivity index (χ1) is 7.93. The van der Waals surface area contributed by atoms with Crippen molar-refractivity contribution in [2.75, 3.05) is 5.75 Å². The lowest BCUT2D eigenvalue weighted by Gasteiger charge is -2.01. The summed E-state index contributed by atoms with van der Waals surface area (Å²) in [7, 11) is 0. The molecule has 1 nitrogen and oxygen atoms in total. The van der Waals surface area contributed by atoms with Crippen LogP contribution in [0.5, 0.6) is 0 Å². The minimum Gasteiger partial charge on any atom is -0.250 e. The van der Waals surface area contributed by atoms with E-state index in [0.29, 0.717) is 0 Å². The molecule has 0 aromatic carbocycles. The molecule has 0 saturated carbocycles. The van der Waals surface area contributed by atoms with Crippen molar-refractivity contribution in [2.45, 2.75) is 56.9 Å². The summed E-state index contributed by atoms with van der Waals surface area (Å²) in [5.74, 6) is 1.21. The Morgan fingerprint density at radius 1 is 1.00 bits per heavy atom. The average Bonchev–Trinajstić information content (AvgIpc) is 2.34. The van der Waals surface area contributed by atoms with Crippen molar-refractivity contribution in [1.29, 1.82) is 0 Å². The van der Waals surface area contributed by atoms with Crippen molar-refractivity contribution in [2.24, 2.45) is 0 Å². The van der Waals surface area contributed by atoms with E-state index >= 15 is 0 Å². The molecule has 0 aliphatic carbocycles. The van der Waals surface area contributed by atoms with Gasteiger partial charge in [0.25, 0.3) is 0 Å². The smallest absolute Gasteiger partial charge is 0.0959 e. The van der Waals surface area contributed by atoms with Gasteiger partial charge in [-0.1, -0.05) is 51.5 Å². The maximum Gasteiger partial charge on any atom is 0.0959 e. The van der Waals surface area contributed by atoms with Crippen molar-refractivity contribution in [3.8, 4) is 0 Å². The number of pyridine rings is 1. The van der Waals surface area contributed by atoms with Crippen LogP contribution in [0, 0.1) is 0 Å². The van der Waals surface area contributed by atoms with Crippen LogP contribution in [-0.4, -0.2) is 10.7 Å². The summed E-state index contributed by atoms with van der Waals surface area (Å²) >= 11 is 1.88. The van der Waals surface area contributed by atoms with E-state index in [1.165, 1.54) is 50.7 Å². The van der Waals surface area contributed by atoms with E-state index in [-0.39, 0.29) is 0 Å². The Hall–Kier alpha value is -0.500. The van der Waals surface area contributed by atoms with Crippen molar-refractivity contribution in [3.63, 3.8) is 0 Å². The summed E-state index contributed by atoms with van der Waals surface area (Å²) < 4.78 is 0. The van der Waals surface area contributed by atoms with Gasteiger partial charge in [0, 0.05) is 6.20 Å². The van der Waals surface area contributed by atoms with E-state index in [4.69, 9.17) is 0 Å². The number of rotatable bonds is 9. The molecule has 0 N–H and O–H groups in total. The topological polar surface area (TPSA) is 12.9 Å². The van der Waals surface area contributed by atoms with Crippen LogP contribution in [-0.2, 0) is 0 Å². The SMILES string of the molecule is CCCCCCCCCSc1ccccn1. The van der Waals surface area contributed by atoms with Gasteiger partial charge in [0.05, 0.1) is 5.03 Å². The van der Waals surface area contributed by atoms with Gasteiger partial charge in [0.15, 0.2) is 0 Å². The first kappa shape index (κ1) is 13.6. The molecule has 1 heterocycles. The molecule has 0 fully saturated rings. The van der Waals surface area contributed by atoms with E-state index in [0.717, 1.165) is 5.03 Å². The second kappa shape index (κ2) is 9.71. The monoisotopic (exact) mass is 237 g/mol. The van der Waals surface area contributed by atoms with Crippen LogP contribution < -0.4 is 0 Å². The maximum atomic E-state index is 4.30. The molecule has 0 amide bonds. The molecule has 90 valence electrons. The van der Waals surface area contributed by atoms with Crippen LogP contribution in [0.3, 0.4) is 0 Å². The molecule has 1 aromatic rings. The van der Waals surface area contributed by atoms with Gasteiger partial charge in [-0.05, 0) is 24.3 Å². The molecule has 0 aliphatic rings. The molecule has 0 spiro atoms. The highest BCUT2D eigenvalue weighted by Crippen LogP contribution is 2.17. The molecule has 0 unspecified atom stereocenters. The fourth-order valence-electron chi connectivity index (χ4n) is 1.67. The normalized spacial score (nSPS) is 10.6. The van der Waals surface area contributed by atoms with Crippen molar-refractivity contribution in [3.05, 3.63) is 24.4 Å². The number of thioether (sulfide) groups is 1. The molecule has 0 saturated heterocycles. The van der Waals surface area contributed by atoms with Crippen LogP contribution in [0.15, 0.2) is 29.4 Å². The zero-order valence-corrected chi connectivity index (χ0v) is 11.1. The molecule has 0 aliphatic heterocycles. The standard InChI is InChI=1S/C14H23NS/c1-2-3-4-5-6-7-10-13-16-14-11-8-9-12-15-14/h8-9,11-12H,2-7,10,13H2,1H3.